The van der Waals surface area contributed by atoms with Crippen LogP contribution in [0.5, 0.6) is 0 Å². The molecule has 0 aliphatic carbocycles. The van der Waals surface area contributed by atoms with Gasteiger partial charge in [0.25, 0.3) is 7.44 Å². The summed E-state index contributed by atoms with van der Waals surface area (Å²) in [4.78, 5) is 42.7. The summed E-state index contributed by atoms with van der Waals surface area (Å²) in [6, 6.07) is 0.939. The minimum Gasteiger partial charge on any atom is -0.462 e. The lowest BCUT2D eigenvalue weighted by Gasteiger charge is -2.25. The SMILES string of the molecule is CCC(CC)C(=O)c1sc(N)nc1-c1ccc(P(=O)(N[C@@H](C)C(=O)OC(C)C)N[C@@H](C)C(=O)OC(C)C)o1. The van der Waals surface area contributed by atoms with Crippen LogP contribution in [-0.2, 0) is 23.6 Å². The number of ketones is 1. The first-order chi connectivity index (χ1) is 17.7. The number of carbonyl (C=O) groups is 3. The molecule has 0 aromatic carbocycles. The lowest BCUT2D eigenvalue weighted by Crippen LogP contribution is -2.45. The number of rotatable bonds is 14. The van der Waals surface area contributed by atoms with Crippen molar-refractivity contribution in [2.75, 3.05) is 5.73 Å². The third-order valence-electron chi connectivity index (χ3n) is 5.52. The number of nitrogens with one attached hydrogen (secondary N) is 2. The minimum atomic E-state index is -3.95. The maximum absolute atomic E-state index is 14.2. The summed E-state index contributed by atoms with van der Waals surface area (Å²) in [6.07, 6.45) is 0.562. The largest absolute Gasteiger partial charge is 0.462 e. The lowest BCUT2D eigenvalue weighted by atomic mass is 9.96. The van der Waals surface area contributed by atoms with Crippen LogP contribution in [-0.4, -0.2) is 47.0 Å². The van der Waals surface area contributed by atoms with Gasteiger partial charge in [-0.1, -0.05) is 25.2 Å². The summed E-state index contributed by atoms with van der Waals surface area (Å²) in [6.45, 7) is 13.7. The standard InChI is InChI=1S/C25H39N4O7PS/c1-9-17(10-2)21(30)22-20(27-25(26)38-22)18-11-12-19(36-18)37(33,28-15(7)23(31)34-13(3)4)29-16(8)24(32)35-14(5)6/h11-17H,9-10H2,1-8H3,(H2,26,27)(H2,28,29,33)/t15-,16-/m0/s1. The number of aromatic nitrogens is 1. The number of ether oxygens (including phenoxy) is 2. The van der Waals surface area contributed by atoms with Crippen molar-refractivity contribution in [1.29, 1.82) is 0 Å². The Labute approximate surface area is 227 Å². The quantitative estimate of drug-likeness (QED) is 0.169. The average molecular weight is 571 g/mol. The average Bonchev–Trinajstić information content (AvgIpc) is 3.46. The summed E-state index contributed by atoms with van der Waals surface area (Å²) in [7, 11) is -3.95. The van der Waals surface area contributed by atoms with Crippen LogP contribution in [0.2, 0.25) is 0 Å². The fourth-order valence-corrected chi connectivity index (χ4v) is 6.62. The van der Waals surface area contributed by atoms with Crippen LogP contribution in [0.3, 0.4) is 0 Å². The van der Waals surface area contributed by atoms with Crippen LogP contribution < -0.4 is 21.4 Å². The van der Waals surface area contributed by atoms with Gasteiger partial charge in [0.15, 0.2) is 22.2 Å². The normalized spacial score (nSPS) is 13.7. The number of hydrogen-bond acceptors (Lipinski definition) is 10. The highest BCUT2D eigenvalue weighted by Crippen LogP contribution is 2.40. The second kappa shape index (κ2) is 13.5. The van der Waals surface area contributed by atoms with E-state index in [0.29, 0.717) is 17.7 Å². The molecule has 0 spiro atoms. The van der Waals surface area contributed by atoms with Gasteiger partial charge in [-0.05, 0) is 66.5 Å². The minimum absolute atomic E-state index is 0.0756. The van der Waals surface area contributed by atoms with E-state index < -0.39 is 31.5 Å². The Kier molecular flexibility index (Phi) is 11.3. The highest BCUT2D eigenvalue weighted by atomic mass is 32.1. The van der Waals surface area contributed by atoms with E-state index in [9.17, 15) is 18.9 Å². The van der Waals surface area contributed by atoms with Gasteiger partial charge in [0.1, 0.15) is 22.7 Å². The molecule has 2 rings (SSSR count). The number of nitrogens with two attached hydrogens (primary N) is 1. The molecule has 2 aromatic rings. The molecule has 0 unspecified atom stereocenters. The van der Waals surface area contributed by atoms with Gasteiger partial charge in [-0.25, -0.2) is 15.2 Å². The molecule has 2 aromatic heterocycles. The highest BCUT2D eigenvalue weighted by molar-refractivity contribution is 7.67. The number of thiazole rings is 1. The highest BCUT2D eigenvalue weighted by Gasteiger charge is 2.37. The number of carbonyl (C=O) groups excluding carboxylic acids is 3. The van der Waals surface area contributed by atoms with Crippen LogP contribution in [0.1, 0.15) is 77.9 Å². The summed E-state index contributed by atoms with van der Waals surface area (Å²) >= 11 is 1.07. The second-order valence-corrected chi connectivity index (χ2v) is 12.7. The Morgan fingerprint density at radius 1 is 0.974 bits per heavy atom. The van der Waals surface area contributed by atoms with Crippen molar-refractivity contribution in [3.05, 3.63) is 17.0 Å². The summed E-state index contributed by atoms with van der Waals surface area (Å²) in [5.41, 5.74) is 6.12. The van der Waals surface area contributed by atoms with E-state index in [1.54, 1.807) is 27.7 Å². The van der Waals surface area contributed by atoms with Gasteiger partial charge in [-0.15, -0.1) is 0 Å². The summed E-state index contributed by atoms with van der Waals surface area (Å²) in [5, 5.41) is 5.71. The third kappa shape index (κ3) is 7.99. The van der Waals surface area contributed by atoms with E-state index >= 15 is 0 Å². The molecule has 0 saturated heterocycles. The first-order valence-electron chi connectivity index (χ1n) is 12.7. The molecule has 4 N–H and O–H groups in total. The van der Waals surface area contributed by atoms with E-state index in [4.69, 9.17) is 19.6 Å². The maximum atomic E-state index is 14.2. The number of Topliss-reactive ketones (excluding diaryl/α,β-unsaturated/α-hetero) is 1. The molecule has 0 fully saturated rings. The number of anilines is 1. The fraction of sp³-hybridized carbons (Fsp3) is 0.600. The smallest absolute Gasteiger partial charge is 0.323 e. The van der Waals surface area contributed by atoms with Crippen LogP contribution in [0.15, 0.2) is 16.5 Å². The van der Waals surface area contributed by atoms with Crippen LogP contribution in [0.25, 0.3) is 11.5 Å². The van der Waals surface area contributed by atoms with Gasteiger partial charge in [0.05, 0.1) is 12.2 Å². The predicted octanol–water partition coefficient (Wildman–Crippen LogP) is 4.28. The molecule has 212 valence electrons. The fourth-order valence-electron chi connectivity index (χ4n) is 3.62. The topological polar surface area (TPSA) is 163 Å². The Bertz CT molecular complexity index is 1140. The molecule has 0 amide bonds. The Morgan fingerprint density at radius 3 is 1.92 bits per heavy atom. The van der Waals surface area contributed by atoms with E-state index in [0.717, 1.165) is 11.3 Å². The second-order valence-electron chi connectivity index (χ2n) is 9.53. The Hall–Kier alpha value is -2.53. The Morgan fingerprint density at radius 2 is 1.47 bits per heavy atom. The number of nitrogen functional groups attached to an aromatic ring is 1. The molecule has 0 radical (unpaired) electrons. The number of esters is 2. The molecule has 2 heterocycles. The van der Waals surface area contributed by atoms with Crippen LogP contribution in [0, 0.1) is 5.92 Å². The zero-order valence-electron chi connectivity index (χ0n) is 23.2. The van der Waals surface area contributed by atoms with E-state index in [1.807, 2.05) is 13.8 Å². The Balaban J connectivity index is 2.49. The summed E-state index contributed by atoms with van der Waals surface area (Å²) in [5.74, 6) is -1.36. The third-order valence-corrected chi connectivity index (χ3v) is 8.78. The molecule has 38 heavy (non-hydrogen) atoms. The maximum Gasteiger partial charge on any atom is 0.323 e. The molecule has 0 bridgehead atoms. The molecule has 0 aliphatic heterocycles. The van der Waals surface area contributed by atoms with Crippen molar-refractivity contribution in [3.63, 3.8) is 0 Å². The zero-order chi connectivity index (χ0) is 28.8. The van der Waals surface area contributed by atoms with Gasteiger partial charge in [-0.2, -0.15) is 0 Å². The van der Waals surface area contributed by atoms with Gasteiger partial charge < -0.3 is 19.6 Å². The zero-order valence-corrected chi connectivity index (χ0v) is 24.9. The molecular formula is C25H39N4O7PS. The molecule has 0 saturated carbocycles. The van der Waals surface area contributed by atoms with Crippen molar-refractivity contribution in [2.45, 2.75) is 92.5 Å². The first-order valence-corrected chi connectivity index (χ1v) is 15.2. The molecular weight excluding hydrogens is 531 g/mol. The van der Waals surface area contributed by atoms with Crippen molar-refractivity contribution in [1.82, 2.24) is 15.2 Å². The van der Waals surface area contributed by atoms with Crippen LogP contribution >= 0.6 is 18.8 Å². The van der Waals surface area contributed by atoms with E-state index in [1.165, 1.54) is 26.0 Å². The van der Waals surface area contributed by atoms with E-state index in [2.05, 4.69) is 15.2 Å². The summed E-state index contributed by atoms with van der Waals surface area (Å²) < 4.78 is 30.7. The number of nitrogens with zero attached hydrogens (tertiary/aromatic N) is 1. The van der Waals surface area contributed by atoms with Crippen molar-refractivity contribution < 1.29 is 32.8 Å². The van der Waals surface area contributed by atoms with Crippen LogP contribution in [0.4, 0.5) is 5.13 Å². The predicted molar refractivity (Wildman–Crippen MR) is 148 cm³/mol. The number of hydrogen-bond donors (Lipinski definition) is 3. The first kappa shape index (κ1) is 31.7. The van der Waals surface area contributed by atoms with Crippen molar-refractivity contribution in [3.8, 4) is 11.5 Å². The molecule has 2 atom stereocenters. The van der Waals surface area contributed by atoms with Gasteiger partial charge in [-0.3, -0.25) is 18.9 Å². The van der Waals surface area contributed by atoms with Gasteiger partial charge >= 0.3 is 11.9 Å². The van der Waals surface area contributed by atoms with Crippen molar-refractivity contribution >= 4 is 47.1 Å². The van der Waals surface area contributed by atoms with Crippen molar-refractivity contribution in [2.24, 2.45) is 5.92 Å². The van der Waals surface area contributed by atoms with E-state index in [-0.39, 0.29) is 46.0 Å². The van der Waals surface area contributed by atoms with Gasteiger partial charge in [0, 0.05) is 5.92 Å². The lowest BCUT2D eigenvalue weighted by molar-refractivity contribution is -0.149. The number of furan rings is 1. The van der Waals surface area contributed by atoms with Gasteiger partial charge in [0.2, 0.25) is 0 Å². The molecule has 11 nitrogen and oxygen atoms in total. The molecule has 13 heteroatoms. The molecule has 0 aliphatic rings. The monoisotopic (exact) mass is 570 g/mol.